The minimum atomic E-state index is -1.55. The fraction of sp³-hybridized carbons (Fsp3) is 0.875. The molecule has 4 atom stereocenters. The van der Waals surface area contributed by atoms with Crippen molar-refractivity contribution in [1.29, 1.82) is 0 Å². The maximum Gasteiger partial charge on any atom is 0.151 e. The number of hydrogen-bond donors (Lipinski definition) is 3. The number of ether oxygens (including phenoxy) is 2. The molecule has 14 heavy (non-hydrogen) atoms. The number of aldehydes is 1. The monoisotopic (exact) mass is 210 g/mol. The minimum Gasteiger partial charge on any atom is -0.394 e. The third kappa shape index (κ3) is 3.32. The molecule has 0 saturated carbocycles. The van der Waals surface area contributed by atoms with E-state index in [4.69, 9.17) is 12.6 Å². The molecule has 0 radical (unpaired) electrons. The molecular weight excluding hydrogens is 192 g/mol. The Hall–Kier alpha value is -0.530. The lowest BCUT2D eigenvalue weighted by atomic mass is 10.0. The lowest BCUT2D eigenvalue weighted by Crippen LogP contribution is -2.48. The molecule has 0 heterocycles. The van der Waals surface area contributed by atoms with Crippen molar-refractivity contribution in [2.75, 3.05) is 20.8 Å². The number of carbonyl (C=O) groups is 1. The Balaban J connectivity index is 4.55. The summed E-state index contributed by atoms with van der Waals surface area (Å²) in [6, 6.07) is 0. The zero-order valence-electron chi connectivity index (χ0n) is 9.57. The van der Waals surface area contributed by atoms with Gasteiger partial charge in [-0.3, -0.25) is 0 Å². The van der Waals surface area contributed by atoms with Crippen LogP contribution in [0.4, 0.5) is 0 Å². The largest absolute Gasteiger partial charge is 0.394 e. The number of aliphatic hydroxyl groups is 3. The highest BCUT2D eigenvalue weighted by Gasteiger charge is 2.32. The molecule has 0 aromatic heterocycles. The zero-order valence-corrected chi connectivity index (χ0v) is 7.57. The van der Waals surface area contributed by atoms with Gasteiger partial charge >= 0.3 is 0 Å². The predicted molar refractivity (Wildman–Crippen MR) is 46.8 cm³/mol. The van der Waals surface area contributed by atoms with Gasteiger partial charge in [-0.1, -0.05) is 0 Å². The van der Waals surface area contributed by atoms with Gasteiger partial charge in [0, 0.05) is 14.2 Å². The minimum absolute atomic E-state index is 0.267. The van der Waals surface area contributed by atoms with Crippen LogP contribution in [0.2, 0.25) is 0 Å². The lowest BCUT2D eigenvalue weighted by molar-refractivity contribution is -0.147. The first-order valence-corrected chi connectivity index (χ1v) is 3.86. The summed E-state index contributed by atoms with van der Waals surface area (Å²) in [5.74, 6) is 0. The second kappa shape index (κ2) is 6.86. The molecule has 0 aromatic carbocycles. The second-order valence-electron chi connectivity index (χ2n) is 2.64. The van der Waals surface area contributed by atoms with Crippen LogP contribution in [0.3, 0.4) is 0 Å². The average molecular weight is 210 g/mol. The normalized spacial score (nSPS) is 21.6. The van der Waals surface area contributed by atoms with Crippen molar-refractivity contribution in [3.63, 3.8) is 0 Å². The summed E-state index contributed by atoms with van der Waals surface area (Å²) in [6.45, 7) is -0.686. The number of methoxy groups -OCH3 is 2. The third-order valence-electron chi connectivity index (χ3n) is 1.76. The van der Waals surface area contributed by atoms with Crippen LogP contribution >= 0.6 is 0 Å². The molecule has 0 amide bonds. The van der Waals surface area contributed by atoms with Gasteiger partial charge in [0.2, 0.25) is 0 Å². The van der Waals surface area contributed by atoms with E-state index in [2.05, 4.69) is 4.74 Å². The standard InChI is InChI=1S/C8H16O6/c1-13-6(4-10)7(12)8(14-2)5(11)3-9/h4-9,11-12H,3H2,1-2H3/t5-,6+,7-,8-/m1/s1/i1D,2D. The van der Waals surface area contributed by atoms with Gasteiger partial charge in [-0.25, -0.2) is 0 Å². The van der Waals surface area contributed by atoms with Crippen LogP contribution in [-0.4, -0.2) is 66.8 Å². The Morgan fingerprint density at radius 3 is 2.50 bits per heavy atom. The predicted octanol–water partition coefficient (Wildman–Crippen LogP) is -2.07. The highest BCUT2D eigenvalue weighted by Crippen LogP contribution is 2.09. The SMILES string of the molecule is [2H]CO[C@@H]([C@H](O)[C@H](C=O)OC[2H])[C@H](O)CO. The zero-order chi connectivity index (χ0) is 12.6. The van der Waals surface area contributed by atoms with Gasteiger partial charge in [0.1, 0.15) is 24.4 Å². The second-order valence-corrected chi connectivity index (χ2v) is 2.64. The summed E-state index contributed by atoms with van der Waals surface area (Å²) in [5, 5.41) is 27.6. The summed E-state index contributed by atoms with van der Waals surface area (Å²) in [4.78, 5) is 10.5. The molecule has 3 N–H and O–H groups in total. The Morgan fingerprint density at radius 2 is 2.07 bits per heavy atom. The lowest BCUT2D eigenvalue weighted by Gasteiger charge is -2.27. The first kappa shape index (κ1) is 10.0. The molecule has 0 bridgehead atoms. The van der Waals surface area contributed by atoms with Crippen LogP contribution in [0.15, 0.2) is 0 Å². The van der Waals surface area contributed by atoms with Gasteiger partial charge in [0.25, 0.3) is 0 Å². The van der Waals surface area contributed by atoms with Crippen molar-refractivity contribution in [1.82, 2.24) is 0 Å². The quantitative estimate of drug-likeness (QED) is 0.418. The molecule has 0 rings (SSSR count). The molecular formula is C8H16O6. The van der Waals surface area contributed by atoms with Crippen LogP contribution < -0.4 is 0 Å². The molecule has 0 aliphatic rings. The van der Waals surface area contributed by atoms with E-state index in [1.807, 2.05) is 0 Å². The molecule has 0 spiro atoms. The van der Waals surface area contributed by atoms with Crippen LogP contribution in [0.1, 0.15) is 2.74 Å². The fourth-order valence-electron chi connectivity index (χ4n) is 0.946. The van der Waals surface area contributed by atoms with Gasteiger partial charge < -0.3 is 29.6 Å². The molecule has 0 unspecified atom stereocenters. The van der Waals surface area contributed by atoms with Gasteiger partial charge in [-0.05, 0) is 0 Å². The van der Waals surface area contributed by atoms with E-state index >= 15 is 0 Å². The topological polar surface area (TPSA) is 96.2 Å². The van der Waals surface area contributed by atoms with Crippen LogP contribution in [0.25, 0.3) is 0 Å². The van der Waals surface area contributed by atoms with Crippen molar-refractivity contribution in [2.45, 2.75) is 24.4 Å². The molecule has 0 fully saturated rings. The Labute approximate surface area is 84.9 Å². The van der Waals surface area contributed by atoms with Crippen molar-refractivity contribution in [3.05, 3.63) is 0 Å². The molecule has 6 heteroatoms. The van der Waals surface area contributed by atoms with Gasteiger partial charge in [0.05, 0.1) is 9.35 Å². The Morgan fingerprint density at radius 1 is 1.43 bits per heavy atom. The van der Waals surface area contributed by atoms with Crippen molar-refractivity contribution < 1.29 is 32.3 Å². The molecule has 84 valence electrons. The van der Waals surface area contributed by atoms with E-state index in [-0.39, 0.29) is 6.29 Å². The Bertz CT molecular complexity index is 193. The molecule has 6 nitrogen and oxygen atoms in total. The van der Waals surface area contributed by atoms with Crippen LogP contribution in [0, 0.1) is 0 Å². The van der Waals surface area contributed by atoms with E-state index in [9.17, 15) is 15.0 Å². The van der Waals surface area contributed by atoms with Crippen molar-refractivity contribution in [3.8, 4) is 0 Å². The van der Waals surface area contributed by atoms with Gasteiger partial charge in [0.15, 0.2) is 6.29 Å². The van der Waals surface area contributed by atoms with Gasteiger partial charge in [-0.2, -0.15) is 0 Å². The molecule has 0 aromatic rings. The van der Waals surface area contributed by atoms with E-state index < -0.39 is 45.2 Å². The summed E-state index contributed by atoms with van der Waals surface area (Å²) in [6.07, 6.45) is -5.36. The van der Waals surface area contributed by atoms with Crippen LogP contribution in [0.5, 0.6) is 0 Å². The molecule has 0 aliphatic carbocycles. The van der Waals surface area contributed by atoms with E-state index in [1.165, 1.54) is 0 Å². The average Bonchev–Trinajstić information content (AvgIpc) is 2.31. The third-order valence-corrected chi connectivity index (χ3v) is 1.76. The summed E-state index contributed by atoms with van der Waals surface area (Å²) in [7, 11) is -1.09. The Kier molecular flexibility index (Phi) is 4.90. The first-order valence-electron chi connectivity index (χ1n) is 5.27. The number of hydrogen-bond acceptors (Lipinski definition) is 6. The molecule has 0 aliphatic heterocycles. The number of rotatable bonds is 7. The highest BCUT2D eigenvalue weighted by molar-refractivity contribution is 5.57. The van der Waals surface area contributed by atoms with Crippen LogP contribution in [-0.2, 0) is 14.3 Å². The maximum absolute atomic E-state index is 10.5. The highest BCUT2D eigenvalue weighted by atomic mass is 16.5. The van der Waals surface area contributed by atoms with E-state index in [0.717, 1.165) is 0 Å². The van der Waals surface area contributed by atoms with E-state index in [0.29, 0.717) is 0 Å². The van der Waals surface area contributed by atoms with E-state index in [1.54, 1.807) is 0 Å². The number of carbonyl (C=O) groups excluding carboxylic acids is 1. The van der Waals surface area contributed by atoms with Crippen molar-refractivity contribution >= 4 is 6.29 Å². The van der Waals surface area contributed by atoms with Gasteiger partial charge in [-0.15, -0.1) is 0 Å². The summed E-state index contributed by atoms with van der Waals surface area (Å²) >= 11 is 0. The molecule has 0 saturated heterocycles. The first-order chi connectivity index (χ1) is 7.62. The van der Waals surface area contributed by atoms with Crippen molar-refractivity contribution in [2.24, 2.45) is 0 Å². The number of aliphatic hydroxyl groups excluding tert-OH is 3. The fourth-order valence-corrected chi connectivity index (χ4v) is 0.946. The summed E-state index contributed by atoms with van der Waals surface area (Å²) in [5.41, 5.74) is 0. The maximum atomic E-state index is 10.5. The summed E-state index contributed by atoms with van der Waals surface area (Å²) < 4.78 is 22.8. The smallest absolute Gasteiger partial charge is 0.151 e.